The van der Waals surface area contributed by atoms with Crippen LogP contribution in [-0.2, 0) is 28.8 Å². The van der Waals surface area contributed by atoms with Gasteiger partial charge in [0.05, 0.1) is 18.4 Å². The van der Waals surface area contributed by atoms with Crippen LogP contribution < -0.4 is 21.3 Å². The van der Waals surface area contributed by atoms with Gasteiger partial charge in [-0.1, -0.05) is 69.2 Å². The lowest BCUT2D eigenvalue weighted by Crippen LogP contribution is -2.55. The third-order valence-electron chi connectivity index (χ3n) is 7.20. The largest absolute Gasteiger partial charge is 0.481 e. The number of hydrogen-bond acceptors (Lipinski definition) is 7. The SMILES string of the molecule is CCC(CC)NC(=O)NC(C(=O)CC(CC(=O)C(C)(C)C)C(=O)NC(CC(=O)O)C(=O)NC(CC(C)C)C(=O)O)C(C)(C)C. The maximum atomic E-state index is 13.6. The molecule has 44 heavy (non-hydrogen) atoms. The summed E-state index contributed by atoms with van der Waals surface area (Å²) < 4.78 is 0. The molecule has 0 aromatic carbocycles. The van der Waals surface area contributed by atoms with Gasteiger partial charge in [0.25, 0.3) is 0 Å². The Labute approximate surface area is 261 Å². The van der Waals surface area contributed by atoms with E-state index in [2.05, 4.69) is 21.3 Å². The molecule has 0 aliphatic rings. The first-order chi connectivity index (χ1) is 20.0. The number of carbonyl (C=O) groups is 7. The van der Waals surface area contributed by atoms with E-state index >= 15 is 0 Å². The summed E-state index contributed by atoms with van der Waals surface area (Å²) in [4.78, 5) is 89.2. The number of carboxylic acids is 2. The van der Waals surface area contributed by atoms with Crippen molar-refractivity contribution in [3.8, 4) is 0 Å². The molecule has 0 heterocycles. The van der Waals surface area contributed by atoms with E-state index in [4.69, 9.17) is 0 Å². The van der Waals surface area contributed by atoms with E-state index in [1.165, 1.54) is 0 Å². The average Bonchev–Trinajstić information content (AvgIpc) is 2.86. The van der Waals surface area contributed by atoms with Crippen molar-refractivity contribution < 1.29 is 43.8 Å². The minimum Gasteiger partial charge on any atom is -0.481 e. The van der Waals surface area contributed by atoms with E-state index in [0.29, 0.717) is 12.8 Å². The molecule has 0 spiro atoms. The van der Waals surface area contributed by atoms with Crippen molar-refractivity contribution in [2.75, 3.05) is 0 Å². The van der Waals surface area contributed by atoms with Gasteiger partial charge < -0.3 is 31.5 Å². The molecule has 0 aliphatic heterocycles. The quantitative estimate of drug-likeness (QED) is 0.132. The number of rotatable bonds is 18. The average molecular weight is 627 g/mol. The number of ketones is 2. The van der Waals surface area contributed by atoms with Crippen LogP contribution in [0.1, 0.15) is 108 Å². The zero-order valence-electron chi connectivity index (χ0n) is 28.0. The Morgan fingerprint density at radius 2 is 1.20 bits per heavy atom. The molecule has 4 unspecified atom stereocenters. The summed E-state index contributed by atoms with van der Waals surface area (Å²) in [6.45, 7) is 17.5. The molecular weight excluding hydrogens is 572 g/mol. The van der Waals surface area contributed by atoms with Crippen LogP contribution in [0.2, 0.25) is 0 Å². The highest BCUT2D eigenvalue weighted by atomic mass is 16.4. The second-order valence-electron chi connectivity index (χ2n) is 13.9. The fraction of sp³-hybridized carbons (Fsp3) is 0.774. The molecule has 13 nitrogen and oxygen atoms in total. The van der Waals surface area contributed by atoms with Crippen LogP contribution in [0.25, 0.3) is 0 Å². The topological polar surface area (TPSA) is 208 Å². The lowest BCUT2D eigenvalue weighted by molar-refractivity contribution is -0.144. The van der Waals surface area contributed by atoms with E-state index in [1.807, 2.05) is 13.8 Å². The highest BCUT2D eigenvalue weighted by Crippen LogP contribution is 2.26. The molecule has 13 heteroatoms. The molecule has 0 saturated heterocycles. The standard InChI is InChI=1S/C31H54N4O9/c1-11-19(12-2)32-29(44)35-25(31(8,9)10)22(36)14-18(15-23(37)30(5,6)7)26(40)33-20(16-24(38)39)27(41)34-21(28(42)43)13-17(3)4/h17-21,25H,11-16H2,1-10H3,(H,33,40)(H,34,41)(H,38,39)(H,42,43)(H2,32,35,44). The van der Waals surface area contributed by atoms with Crippen molar-refractivity contribution in [2.45, 2.75) is 132 Å². The predicted molar refractivity (Wildman–Crippen MR) is 165 cm³/mol. The number of aliphatic carboxylic acids is 2. The Morgan fingerprint density at radius 1 is 0.682 bits per heavy atom. The monoisotopic (exact) mass is 626 g/mol. The summed E-state index contributed by atoms with van der Waals surface area (Å²) >= 11 is 0. The maximum Gasteiger partial charge on any atom is 0.326 e. The zero-order chi connectivity index (χ0) is 34.6. The van der Waals surface area contributed by atoms with Gasteiger partial charge in [-0.3, -0.25) is 24.0 Å². The highest BCUT2D eigenvalue weighted by Gasteiger charge is 2.38. The first-order valence-electron chi connectivity index (χ1n) is 15.2. The number of Topliss-reactive ketones (excluding diaryl/α,β-unsaturated/α-hetero) is 2. The third-order valence-corrected chi connectivity index (χ3v) is 7.20. The van der Waals surface area contributed by atoms with Crippen LogP contribution in [0.3, 0.4) is 0 Å². The second-order valence-corrected chi connectivity index (χ2v) is 13.9. The summed E-state index contributed by atoms with van der Waals surface area (Å²) in [6, 6.07) is -4.68. The molecule has 0 saturated carbocycles. The van der Waals surface area contributed by atoms with E-state index in [0.717, 1.165) is 0 Å². The molecule has 0 rings (SSSR count). The summed E-state index contributed by atoms with van der Waals surface area (Å²) in [6.07, 6.45) is -0.284. The Morgan fingerprint density at radius 3 is 1.61 bits per heavy atom. The van der Waals surface area contributed by atoms with Crippen molar-refractivity contribution in [3.63, 3.8) is 0 Å². The number of urea groups is 1. The molecule has 0 radical (unpaired) electrons. The number of amides is 4. The lowest BCUT2D eigenvalue weighted by atomic mass is 9.79. The molecule has 0 bridgehead atoms. The van der Waals surface area contributed by atoms with Crippen molar-refractivity contribution in [2.24, 2.45) is 22.7 Å². The van der Waals surface area contributed by atoms with Crippen LogP contribution in [0.15, 0.2) is 0 Å². The third kappa shape index (κ3) is 14.8. The van der Waals surface area contributed by atoms with Crippen LogP contribution >= 0.6 is 0 Å². The molecule has 4 atom stereocenters. The fourth-order valence-corrected chi connectivity index (χ4v) is 4.42. The zero-order valence-corrected chi connectivity index (χ0v) is 28.0. The molecule has 6 N–H and O–H groups in total. The van der Waals surface area contributed by atoms with Crippen LogP contribution in [0.5, 0.6) is 0 Å². The fourth-order valence-electron chi connectivity index (χ4n) is 4.42. The van der Waals surface area contributed by atoms with Crippen molar-refractivity contribution in [1.29, 1.82) is 0 Å². The molecule has 0 aromatic heterocycles. The number of nitrogens with one attached hydrogen (secondary N) is 4. The van der Waals surface area contributed by atoms with Gasteiger partial charge in [0.2, 0.25) is 11.8 Å². The summed E-state index contributed by atoms with van der Waals surface area (Å²) in [5.41, 5.74) is -1.65. The van der Waals surface area contributed by atoms with Gasteiger partial charge in [-0.15, -0.1) is 0 Å². The summed E-state index contributed by atoms with van der Waals surface area (Å²) in [5.74, 6) is -6.96. The lowest BCUT2D eigenvalue weighted by Gasteiger charge is -2.32. The summed E-state index contributed by atoms with van der Waals surface area (Å²) in [5, 5.41) is 29.1. The van der Waals surface area contributed by atoms with Gasteiger partial charge in [-0.05, 0) is 30.6 Å². The van der Waals surface area contributed by atoms with Crippen LogP contribution in [0, 0.1) is 22.7 Å². The smallest absolute Gasteiger partial charge is 0.326 e. The minimum atomic E-state index is -1.67. The van der Waals surface area contributed by atoms with Crippen LogP contribution in [-0.4, -0.2) is 75.7 Å². The first-order valence-corrected chi connectivity index (χ1v) is 15.2. The number of hydrogen-bond donors (Lipinski definition) is 6. The van der Waals surface area contributed by atoms with Crippen molar-refractivity contribution in [1.82, 2.24) is 21.3 Å². The van der Waals surface area contributed by atoms with Gasteiger partial charge in [-0.2, -0.15) is 0 Å². The second kappa shape index (κ2) is 17.7. The Balaban J connectivity index is 6.27. The predicted octanol–water partition coefficient (Wildman–Crippen LogP) is 3.04. The first kappa shape index (κ1) is 40.5. The molecule has 4 amide bonds. The van der Waals surface area contributed by atoms with Gasteiger partial charge in [0.15, 0.2) is 5.78 Å². The summed E-state index contributed by atoms with van der Waals surface area (Å²) in [7, 11) is 0. The molecule has 252 valence electrons. The van der Waals surface area contributed by atoms with Crippen molar-refractivity contribution in [3.05, 3.63) is 0 Å². The van der Waals surface area contributed by atoms with Gasteiger partial charge in [0.1, 0.15) is 17.9 Å². The van der Waals surface area contributed by atoms with Crippen LogP contribution in [0.4, 0.5) is 4.79 Å². The molecule has 0 aliphatic carbocycles. The molecule has 0 fully saturated rings. The normalized spacial score (nSPS) is 14.6. The van der Waals surface area contributed by atoms with Gasteiger partial charge in [-0.25, -0.2) is 9.59 Å². The Hall–Kier alpha value is -3.51. The Bertz CT molecular complexity index is 1040. The van der Waals surface area contributed by atoms with Gasteiger partial charge in [0, 0.05) is 24.3 Å². The highest BCUT2D eigenvalue weighted by molar-refractivity contribution is 5.98. The number of carbonyl (C=O) groups excluding carboxylic acids is 5. The van der Waals surface area contributed by atoms with Crippen molar-refractivity contribution >= 4 is 41.4 Å². The maximum absolute atomic E-state index is 13.6. The van der Waals surface area contributed by atoms with E-state index < -0.39 is 83.3 Å². The molecule has 0 aromatic rings. The van der Waals surface area contributed by atoms with E-state index in [-0.39, 0.29) is 30.6 Å². The number of carboxylic acid groups (broad SMARTS) is 2. The molecular formula is C31H54N4O9. The van der Waals surface area contributed by atoms with Gasteiger partial charge >= 0.3 is 18.0 Å². The minimum absolute atomic E-state index is 0.0675. The Kier molecular flexibility index (Phi) is 16.3. The van der Waals surface area contributed by atoms with E-state index in [1.54, 1.807) is 55.4 Å². The van der Waals surface area contributed by atoms with E-state index in [9.17, 15) is 43.8 Å².